The standard InChI is InChI=1S/C15H21ClN2O2/c1-2-10-20-13-4-3-8-18(9-7-13)15(19)12-5-6-14(16)17-11-12/h5-6,11,13H,2-4,7-10H2,1H3/t13-/m0/s1. The normalized spacial score (nSPS) is 19.7. The molecule has 0 radical (unpaired) electrons. The number of rotatable bonds is 4. The zero-order valence-corrected chi connectivity index (χ0v) is 12.6. The average molecular weight is 297 g/mol. The first-order valence-corrected chi connectivity index (χ1v) is 7.61. The molecule has 5 heteroatoms. The number of hydrogen-bond donors (Lipinski definition) is 0. The van der Waals surface area contributed by atoms with E-state index in [1.165, 1.54) is 0 Å². The van der Waals surface area contributed by atoms with Crippen molar-refractivity contribution in [1.29, 1.82) is 0 Å². The van der Waals surface area contributed by atoms with E-state index in [1.54, 1.807) is 18.3 Å². The molecule has 1 fully saturated rings. The maximum Gasteiger partial charge on any atom is 0.255 e. The lowest BCUT2D eigenvalue weighted by Gasteiger charge is -2.20. The van der Waals surface area contributed by atoms with Crippen LogP contribution in [0.15, 0.2) is 18.3 Å². The fourth-order valence-electron chi connectivity index (χ4n) is 2.40. The topological polar surface area (TPSA) is 42.4 Å². The smallest absolute Gasteiger partial charge is 0.255 e. The lowest BCUT2D eigenvalue weighted by molar-refractivity contribution is 0.0432. The zero-order chi connectivity index (χ0) is 14.4. The molecule has 2 rings (SSSR count). The lowest BCUT2D eigenvalue weighted by Crippen LogP contribution is -2.32. The molecule has 20 heavy (non-hydrogen) atoms. The predicted molar refractivity (Wildman–Crippen MR) is 79.0 cm³/mol. The Morgan fingerprint density at radius 3 is 3.00 bits per heavy atom. The zero-order valence-electron chi connectivity index (χ0n) is 11.8. The lowest BCUT2D eigenvalue weighted by atomic mass is 10.1. The maximum absolute atomic E-state index is 12.4. The highest BCUT2D eigenvalue weighted by molar-refractivity contribution is 6.29. The van der Waals surface area contributed by atoms with Crippen molar-refractivity contribution in [2.24, 2.45) is 0 Å². The molecular weight excluding hydrogens is 276 g/mol. The molecule has 0 bridgehead atoms. The van der Waals surface area contributed by atoms with Gasteiger partial charge < -0.3 is 9.64 Å². The van der Waals surface area contributed by atoms with Gasteiger partial charge in [0.05, 0.1) is 11.7 Å². The Hall–Kier alpha value is -1.13. The van der Waals surface area contributed by atoms with Crippen LogP contribution in [-0.4, -0.2) is 41.6 Å². The van der Waals surface area contributed by atoms with Crippen LogP contribution in [-0.2, 0) is 4.74 Å². The van der Waals surface area contributed by atoms with Crippen LogP contribution in [0.25, 0.3) is 0 Å². The highest BCUT2D eigenvalue weighted by Gasteiger charge is 2.21. The summed E-state index contributed by atoms with van der Waals surface area (Å²) >= 11 is 5.74. The maximum atomic E-state index is 12.4. The van der Waals surface area contributed by atoms with E-state index < -0.39 is 0 Å². The van der Waals surface area contributed by atoms with E-state index in [2.05, 4.69) is 11.9 Å². The largest absolute Gasteiger partial charge is 0.378 e. The Morgan fingerprint density at radius 1 is 1.45 bits per heavy atom. The molecule has 1 aromatic rings. The Bertz CT molecular complexity index is 436. The van der Waals surface area contributed by atoms with Gasteiger partial charge in [0.25, 0.3) is 5.91 Å². The van der Waals surface area contributed by atoms with Crippen molar-refractivity contribution in [3.05, 3.63) is 29.0 Å². The van der Waals surface area contributed by atoms with Crippen LogP contribution in [0.5, 0.6) is 0 Å². The molecule has 0 unspecified atom stereocenters. The van der Waals surface area contributed by atoms with Crippen molar-refractivity contribution >= 4 is 17.5 Å². The van der Waals surface area contributed by atoms with Gasteiger partial charge in [0.1, 0.15) is 5.15 Å². The summed E-state index contributed by atoms with van der Waals surface area (Å²) in [5.74, 6) is 0.0327. The molecule has 1 amide bonds. The number of aromatic nitrogens is 1. The molecule has 4 nitrogen and oxygen atoms in total. The van der Waals surface area contributed by atoms with Gasteiger partial charge in [0.15, 0.2) is 0 Å². The average Bonchev–Trinajstić information content (AvgIpc) is 2.70. The van der Waals surface area contributed by atoms with E-state index in [0.29, 0.717) is 10.7 Å². The third kappa shape index (κ3) is 4.18. The molecule has 0 aromatic carbocycles. The molecule has 0 N–H and O–H groups in total. The molecule has 1 atom stereocenters. The summed E-state index contributed by atoms with van der Waals surface area (Å²) in [6.45, 7) is 4.45. The molecule has 1 aliphatic heterocycles. The predicted octanol–water partition coefficient (Wildman–Crippen LogP) is 3.16. The first kappa shape index (κ1) is 15.3. The molecule has 2 heterocycles. The third-order valence-corrected chi connectivity index (χ3v) is 3.72. The SMILES string of the molecule is CCCO[C@H]1CCCN(C(=O)c2ccc(Cl)nc2)CC1. The second-order valence-corrected chi connectivity index (χ2v) is 5.47. The van der Waals surface area contributed by atoms with Gasteiger partial charge in [-0.2, -0.15) is 0 Å². The monoisotopic (exact) mass is 296 g/mol. The minimum atomic E-state index is 0.0327. The molecule has 0 saturated carbocycles. The summed E-state index contributed by atoms with van der Waals surface area (Å²) in [5.41, 5.74) is 0.599. The number of carbonyl (C=O) groups is 1. The van der Waals surface area contributed by atoms with E-state index in [4.69, 9.17) is 16.3 Å². The van der Waals surface area contributed by atoms with Gasteiger partial charge in [-0.3, -0.25) is 4.79 Å². The summed E-state index contributed by atoms with van der Waals surface area (Å²) in [7, 11) is 0. The van der Waals surface area contributed by atoms with Crippen LogP contribution < -0.4 is 0 Å². The van der Waals surface area contributed by atoms with Gasteiger partial charge in [-0.1, -0.05) is 18.5 Å². The first-order valence-electron chi connectivity index (χ1n) is 7.23. The van der Waals surface area contributed by atoms with E-state index in [-0.39, 0.29) is 12.0 Å². The van der Waals surface area contributed by atoms with Gasteiger partial charge in [0, 0.05) is 25.9 Å². The number of ether oxygens (including phenoxy) is 1. The summed E-state index contributed by atoms with van der Waals surface area (Å²) in [4.78, 5) is 18.2. The summed E-state index contributed by atoms with van der Waals surface area (Å²) in [6.07, 6.45) is 5.79. The van der Waals surface area contributed by atoms with Crippen LogP contribution >= 0.6 is 11.6 Å². The minimum Gasteiger partial charge on any atom is -0.378 e. The van der Waals surface area contributed by atoms with Gasteiger partial charge in [0.2, 0.25) is 0 Å². The number of amides is 1. The quantitative estimate of drug-likeness (QED) is 0.802. The molecule has 1 aromatic heterocycles. The Labute approximate surface area is 125 Å². The summed E-state index contributed by atoms with van der Waals surface area (Å²) < 4.78 is 5.79. The van der Waals surface area contributed by atoms with Crippen molar-refractivity contribution in [2.75, 3.05) is 19.7 Å². The van der Waals surface area contributed by atoms with Crippen LogP contribution in [0.2, 0.25) is 5.15 Å². The Balaban J connectivity index is 1.92. The molecule has 1 saturated heterocycles. The highest BCUT2D eigenvalue weighted by atomic mass is 35.5. The van der Waals surface area contributed by atoms with Gasteiger partial charge in [-0.15, -0.1) is 0 Å². The number of hydrogen-bond acceptors (Lipinski definition) is 3. The van der Waals surface area contributed by atoms with Crippen molar-refractivity contribution in [2.45, 2.75) is 38.7 Å². The molecule has 110 valence electrons. The summed E-state index contributed by atoms with van der Waals surface area (Å²) in [6, 6.07) is 3.38. The van der Waals surface area contributed by atoms with Crippen molar-refractivity contribution < 1.29 is 9.53 Å². The minimum absolute atomic E-state index is 0.0327. The number of likely N-dealkylation sites (tertiary alicyclic amines) is 1. The van der Waals surface area contributed by atoms with Crippen molar-refractivity contribution in [1.82, 2.24) is 9.88 Å². The first-order chi connectivity index (χ1) is 9.70. The van der Waals surface area contributed by atoms with Gasteiger partial charge in [-0.25, -0.2) is 4.98 Å². The van der Waals surface area contributed by atoms with E-state index in [1.807, 2.05) is 4.90 Å². The number of carbonyl (C=O) groups excluding carboxylic acids is 1. The Morgan fingerprint density at radius 2 is 2.30 bits per heavy atom. The fraction of sp³-hybridized carbons (Fsp3) is 0.600. The van der Waals surface area contributed by atoms with Crippen LogP contribution in [0.1, 0.15) is 43.0 Å². The second kappa shape index (κ2) is 7.60. The second-order valence-electron chi connectivity index (χ2n) is 5.09. The highest BCUT2D eigenvalue weighted by Crippen LogP contribution is 2.17. The summed E-state index contributed by atoms with van der Waals surface area (Å²) in [5, 5.41) is 0.408. The molecule has 0 aliphatic carbocycles. The van der Waals surface area contributed by atoms with E-state index in [0.717, 1.165) is 45.4 Å². The number of nitrogens with zero attached hydrogens (tertiary/aromatic N) is 2. The van der Waals surface area contributed by atoms with Gasteiger partial charge in [-0.05, 0) is 37.8 Å². The molecule has 0 spiro atoms. The van der Waals surface area contributed by atoms with Crippen LogP contribution in [0.4, 0.5) is 0 Å². The van der Waals surface area contributed by atoms with E-state index in [9.17, 15) is 4.79 Å². The molecular formula is C15H21ClN2O2. The van der Waals surface area contributed by atoms with Crippen LogP contribution in [0, 0.1) is 0 Å². The molecule has 1 aliphatic rings. The number of halogens is 1. The number of pyridine rings is 1. The van der Waals surface area contributed by atoms with Crippen LogP contribution in [0.3, 0.4) is 0 Å². The Kier molecular flexibility index (Phi) is 5.80. The van der Waals surface area contributed by atoms with Crippen molar-refractivity contribution in [3.63, 3.8) is 0 Å². The van der Waals surface area contributed by atoms with E-state index >= 15 is 0 Å². The fourth-order valence-corrected chi connectivity index (χ4v) is 2.52. The third-order valence-electron chi connectivity index (χ3n) is 3.49. The van der Waals surface area contributed by atoms with Gasteiger partial charge >= 0.3 is 0 Å². The van der Waals surface area contributed by atoms with Crippen molar-refractivity contribution in [3.8, 4) is 0 Å².